The minimum atomic E-state index is -0.711. The lowest BCUT2D eigenvalue weighted by molar-refractivity contribution is -0.142. The zero-order chi connectivity index (χ0) is 16.9. The van der Waals surface area contributed by atoms with Crippen molar-refractivity contribution in [3.63, 3.8) is 0 Å². The molecule has 1 atom stereocenters. The molecule has 1 aliphatic carbocycles. The minimum absolute atomic E-state index is 0.0112. The van der Waals surface area contributed by atoms with Crippen LogP contribution in [0.2, 0.25) is 0 Å². The highest BCUT2D eigenvalue weighted by atomic mass is 32.2. The summed E-state index contributed by atoms with van der Waals surface area (Å²) in [6.45, 7) is 0.751. The molecule has 0 spiro atoms. The van der Waals surface area contributed by atoms with Crippen molar-refractivity contribution in [1.29, 1.82) is 0 Å². The van der Waals surface area contributed by atoms with Gasteiger partial charge in [-0.15, -0.1) is 0 Å². The van der Waals surface area contributed by atoms with E-state index >= 15 is 0 Å². The molecular weight excluding hydrogens is 324 g/mol. The standard InChI is InChI=1S/C18H24N2O3S/c21-17(22)14-6-8-15(9-7-14)19-18(23)20-10-11-24-12-16(20)13-4-2-1-3-5-13/h1-5,14-16H,6-12H2,(H,19,23)(H,21,22). The monoisotopic (exact) mass is 348 g/mol. The normalized spacial score (nSPS) is 27.5. The van der Waals surface area contributed by atoms with Crippen LogP contribution in [-0.2, 0) is 4.79 Å². The maximum atomic E-state index is 12.8. The number of carboxylic acids is 1. The van der Waals surface area contributed by atoms with Crippen LogP contribution in [0.3, 0.4) is 0 Å². The van der Waals surface area contributed by atoms with E-state index in [1.165, 1.54) is 5.56 Å². The van der Waals surface area contributed by atoms with Gasteiger partial charge in [-0.1, -0.05) is 30.3 Å². The summed E-state index contributed by atoms with van der Waals surface area (Å²) >= 11 is 1.88. The number of carbonyl (C=O) groups excluding carboxylic acids is 1. The van der Waals surface area contributed by atoms with Crippen molar-refractivity contribution in [2.75, 3.05) is 18.1 Å². The first kappa shape index (κ1) is 17.1. The topological polar surface area (TPSA) is 69.6 Å². The first-order valence-electron chi connectivity index (χ1n) is 8.58. The number of hydrogen-bond acceptors (Lipinski definition) is 3. The zero-order valence-electron chi connectivity index (χ0n) is 13.7. The van der Waals surface area contributed by atoms with Crippen LogP contribution in [0.25, 0.3) is 0 Å². The van der Waals surface area contributed by atoms with Gasteiger partial charge in [0, 0.05) is 24.1 Å². The number of thioether (sulfide) groups is 1. The second-order valence-electron chi connectivity index (χ2n) is 6.53. The molecule has 3 rings (SSSR count). The summed E-state index contributed by atoms with van der Waals surface area (Å²) in [5, 5.41) is 12.2. The van der Waals surface area contributed by atoms with Crippen LogP contribution in [0.15, 0.2) is 30.3 Å². The lowest BCUT2D eigenvalue weighted by atomic mass is 9.86. The molecule has 1 heterocycles. The lowest BCUT2D eigenvalue weighted by Crippen LogP contribution is -2.50. The van der Waals surface area contributed by atoms with Crippen molar-refractivity contribution < 1.29 is 14.7 Å². The second-order valence-corrected chi connectivity index (χ2v) is 7.68. The summed E-state index contributed by atoms with van der Waals surface area (Å²) < 4.78 is 0. The Morgan fingerprint density at radius 2 is 1.83 bits per heavy atom. The highest BCUT2D eigenvalue weighted by Gasteiger charge is 2.31. The molecule has 1 aromatic carbocycles. The molecule has 1 aromatic rings. The number of carboxylic acid groups (broad SMARTS) is 1. The first-order chi connectivity index (χ1) is 11.6. The summed E-state index contributed by atoms with van der Waals surface area (Å²) in [6.07, 6.45) is 2.80. The van der Waals surface area contributed by atoms with Crippen molar-refractivity contribution in [2.45, 2.75) is 37.8 Å². The molecule has 0 radical (unpaired) electrons. The zero-order valence-corrected chi connectivity index (χ0v) is 14.5. The fraction of sp³-hybridized carbons (Fsp3) is 0.556. The van der Waals surface area contributed by atoms with E-state index < -0.39 is 5.97 Å². The quantitative estimate of drug-likeness (QED) is 0.880. The van der Waals surface area contributed by atoms with Crippen molar-refractivity contribution in [1.82, 2.24) is 10.2 Å². The summed E-state index contributed by atoms with van der Waals surface area (Å²) in [5.74, 6) is 0.921. The number of rotatable bonds is 3. The van der Waals surface area contributed by atoms with E-state index in [-0.39, 0.29) is 24.0 Å². The predicted molar refractivity (Wildman–Crippen MR) is 95.1 cm³/mol. The highest BCUT2D eigenvalue weighted by Crippen LogP contribution is 2.30. The number of nitrogens with zero attached hydrogens (tertiary/aromatic N) is 1. The van der Waals surface area contributed by atoms with Gasteiger partial charge in [0.05, 0.1) is 12.0 Å². The summed E-state index contributed by atoms with van der Waals surface area (Å²) in [6, 6.07) is 10.4. The van der Waals surface area contributed by atoms with E-state index in [9.17, 15) is 9.59 Å². The van der Waals surface area contributed by atoms with Gasteiger partial charge in [0.15, 0.2) is 0 Å². The SMILES string of the molecule is O=C(O)C1CCC(NC(=O)N2CCSCC2c2ccccc2)CC1. The molecule has 1 saturated carbocycles. The number of carbonyl (C=O) groups is 2. The van der Waals surface area contributed by atoms with E-state index in [0.29, 0.717) is 12.8 Å². The van der Waals surface area contributed by atoms with Gasteiger partial charge in [-0.2, -0.15) is 11.8 Å². The molecule has 2 fully saturated rings. The van der Waals surface area contributed by atoms with E-state index in [2.05, 4.69) is 17.4 Å². The molecule has 0 bridgehead atoms. The van der Waals surface area contributed by atoms with Crippen molar-refractivity contribution >= 4 is 23.8 Å². The smallest absolute Gasteiger partial charge is 0.318 e. The second kappa shape index (κ2) is 7.92. The molecule has 24 heavy (non-hydrogen) atoms. The molecule has 1 unspecified atom stereocenters. The fourth-order valence-corrected chi connectivity index (χ4v) is 4.63. The maximum absolute atomic E-state index is 12.8. The molecule has 2 N–H and O–H groups in total. The Morgan fingerprint density at radius 1 is 1.12 bits per heavy atom. The Hall–Kier alpha value is -1.69. The summed E-state index contributed by atoms with van der Waals surface area (Å²) in [4.78, 5) is 25.7. The Kier molecular flexibility index (Phi) is 5.66. The summed E-state index contributed by atoms with van der Waals surface area (Å²) in [7, 11) is 0. The predicted octanol–water partition coefficient (Wildman–Crippen LogP) is 3.13. The number of hydrogen-bond donors (Lipinski definition) is 2. The van der Waals surface area contributed by atoms with Gasteiger partial charge in [-0.3, -0.25) is 4.79 Å². The van der Waals surface area contributed by atoms with Crippen molar-refractivity contribution in [3.05, 3.63) is 35.9 Å². The van der Waals surface area contributed by atoms with Crippen LogP contribution < -0.4 is 5.32 Å². The molecule has 5 nitrogen and oxygen atoms in total. The van der Waals surface area contributed by atoms with Crippen LogP contribution in [0, 0.1) is 5.92 Å². The molecule has 2 aliphatic rings. The lowest BCUT2D eigenvalue weighted by Gasteiger charge is -2.37. The largest absolute Gasteiger partial charge is 0.481 e. The highest BCUT2D eigenvalue weighted by molar-refractivity contribution is 7.99. The van der Waals surface area contributed by atoms with Gasteiger partial charge < -0.3 is 15.3 Å². The number of urea groups is 1. The molecule has 0 aromatic heterocycles. The Bertz CT molecular complexity index is 573. The van der Waals surface area contributed by atoms with Gasteiger partial charge >= 0.3 is 12.0 Å². The fourth-order valence-electron chi connectivity index (χ4n) is 3.54. The maximum Gasteiger partial charge on any atom is 0.318 e. The average molecular weight is 348 g/mol. The molecule has 130 valence electrons. The van der Waals surface area contributed by atoms with E-state index in [1.807, 2.05) is 34.9 Å². The van der Waals surface area contributed by atoms with Gasteiger partial charge in [0.2, 0.25) is 0 Å². The third-order valence-electron chi connectivity index (χ3n) is 4.98. The third-order valence-corrected chi connectivity index (χ3v) is 6.00. The average Bonchev–Trinajstić information content (AvgIpc) is 2.63. The number of aliphatic carboxylic acids is 1. The van der Waals surface area contributed by atoms with Crippen LogP contribution >= 0.6 is 11.8 Å². The number of nitrogens with one attached hydrogen (secondary N) is 1. The van der Waals surface area contributed by atoms with Gasteiger partial charge in [0.25, 0.3) is 0 Å². The van der Waals surface area contributed by atoms with E-state index in [0.717, 1.165) is 30.9 Å². The van der Waals surface area contributed by atoms with E-state index in [1.54, 1.807) is 0 Å². The third kappa shape index (κ3) is 4.04. The molecular formula is C18H24N2O3S. The molecule has 2 amide bonds. The van der Waals surface area contributed by atoms with Crippen LogP contribution in [0.1, 0.15) is 37.3 Å². The van der Waals surface area contributed by atoms with Crippen molar-refractivity contribution in [2.24, 2.45) is 5.92 Å². The molecule has 1 aliphatic heterocycles. The van der Waals surface area contributed by atoms with E-state index in [4.69, 9.17) is 5.11 Å². The molecule has 1 saturated heterocycles. The van der Waals surface area contributed by atoms with Gasteiger partial charge in [-0.25, -0.2) is 4.79 Å². The Balaban J connectivity index is 1.60. The van der Waals surface area contributed by atoms with Gasteiger partial charge in [-0.05, 0) is 31.2 Å². The number of benzene rings is 1. The van der Waals surface area contributed by atoms with Crippen LogP contribution in [-0.4, -0.2) is 46.1 Å². The molecule has 6 heteroatoms. The Labute approximate surface area is 146 Å². The number of amides is 2. The van der Waals surface area contributed by atoms with Crippen molar-refractivity contribution in [3.8, 4) is 0 Å². The van der Waals surface area contributed by atoms with Crippen LogP contribution in [0.4, 0.5) is 4.79 Å². The first-order valence-corrected chi connectivity index (χ1v) is 9.73. The van der Waals surface area contributed by atoms with Crippen LogP contribution in [0.5, 0.6) is 0 Å². The minimum Gasteiger partial charge on any atom is -0.481 e. The van der Waals surface area contributed by atoms with Gasteiger partial charge in [0.1, 0.15) is 0 Å². The Morgan fingerprint density at radius 3 is 2.50 bits per heavy atom. The summed E-state index contributed by atoms with van der Waals surface area (Å²) in [5.41, 5.74) is 1.18.